The standard InChI is InChI=1S/C16H22N4O6S2/c21-16(18-12-6-8-28(24,25)10-12)20-14-4-2-1-3-13(14)19-15(26-20)17-11-5-7-27(22,23)9-11/h1-4,11-12,15,17,19H,5-10H2,(H,18,21)/t11-,12+,15-/m0/s1. The van der Waals surface area contributed by atoms with Gasteiger partial charge in [-0.15, -0.1) is 0 Å². The number of amides is 2. The van der Waals surface area contributed by atoms with E-state index in [4.69, 9.17) is 4.84 Å². The fourth-order valence-corrected chi connectivity index (χ4v) is 6.97. The van der Waals surface area contributed by atoms with E-state index in [0.29, 0.717) is 24.2 Å². The number of rotatable bonds is 3. The smallest absolute Gasteiger partial charge is 0.344 e. The molecule has 0 unspecified atom stereocenters. The van der Waals surface area contributed by atoms with Crippen molar-refractivity contribution in [2.24, 2.45) is 0 Å². The van der Waals surface area contributed by atoms with Crippen molar-refractivity contribution in [1.82, 2.24) is 10.6 Å². The topological polar surface area (TPSA) is 134 Å². The van der Waals surface area contributed by atoms with E-state index in [9.17, 15) is 21.6 Å². The van der Waals surface area contributed by atoms with Crippen LogP contribution in [0.1, 0.15) is 12.8 Å². The van der Waals surface area contributed by atoms with Gasteiger partial charge in [-0.1, -0.05) is 12.1 Å². The fourth-order valence-electron chi connectivity index (χ4n) is 3.61. The second-order valence-electron chi connectivity index (χ2n) is 7.26. The van der Waals surface area contributed by atoms with Crippen LogP contribution in [0.4, 0.5) is 16.2 Å². The Kier molecular flexibility index (Phi) is 4.98. The zero-order valence-electron chi connectivity index (χ0n) is 15.0. The Hall–Kier alpha value is -1.89. The molecule has 0 saturated carbocycles. The molecule has 3 aliphatic rings. The fraction of sp³-hybridized carbons (Fsp3) is 0.562. The summed E-state index contributed by atoms with van der Waals surface area (Å²) >= 11 is 0. The molecule has 3 heterocycles. The third-order valence-electron chi connectivity index (χ3n) is 4.98. The molecule has 3 N–H and O–H groups in total. The van der Waals surface area contributed by atoms with Crippen molar-refractivity contribution in [3.8, 4) is 0 Å². The number of hydrogen-bond acceptors (Lipinski definition) is 8. The molecule has 3 aliphatic heterocycles. The van der Waals surface area contributed by atoms with Crippen molar-refractivity contribution < 1.29 is 26.5 Å². The number of carbonyl (C=O) groups is 1. The van der Waals surface area contributed by atoms with Crippen molar-refractivity contribution in [3.05, 3.63) is 24.3 Å². The van der Waals surface area contributed by atoms with E-state index in [0.717, 1.165) is 5.06 Å². The van der Waals surface area contributed by atoms with Crippen molar-refractivity contribution in [3.63, 3.8) is 0 Å². The predicted octanol–water partition coefficient (Wildman–Crippen LogP) is -0.193. The number of fused-ring (bicyclic) bond motifs is 1. The normalized spacial score (nSPS) is 30.4. The van der Waals surface area contributed by atoms with E-state index in [1.165, 1.54) is 0 Å². The maximum atomic E-state index is 12.8. The summed E-state index contributed by atoms with van der Waals surface area (Å²) in [5, 5.41) is 9.96. The van der Waals surface area contributed by atoms with Gasteiger partial charge in [-0.2, -0.15) is 5.06 Å². The Morgan fingerprint density at radius 2 is 1.68 bits per heavy atom. The van der Waals surface area contributed by atoms with Gasteiger partial charge in [0.15, 0.2) is 19.7 Å². The van der Waals surface area contributed by atoms with Crippen molar-refractivity contribution >= 4 is 37.1 Å². The summed E-state index contributed by atoms with van der Waals surface area (Å²) in [5.41, 5.74) is 1.12. The van der Waals surface area contributed by atoms with E-state index in [1.807, 2.05) is 0 Å². The molecular weight excluding hydrogens is 408 g/mol. The highest BCUT2D eigenvalue weighted by molar-refractivity contribution is 7.91. The molecule has 0 aromatic heterocycles. The number of benzene rings is 1. The van der Waals surface area contributed by atoms with Crippen molar-refractivity contribution in [2.75, 3.05) is 33.4 Å². The van der Waals surface area contributed by atoms with Gasteiger partial charge >= 0.3 is 6.03 Å². The van der Waals surface area contributed by atoms with Crippen LogP contribution >= 0.6 is 0 Å². The van der Waals surface area contributed by atoms with Crippen LogP contribution in [0.25, 0.3) is 0 Å². The molecule has 2 amide bonds. The highest BCUT2D eigenvalue weighted by Crippen LogP contribution is 2.31. The van der Waals surface area contributed by atoms with Gasteiger partial charge in [0.2, 0.25) is 6.35 Å². The molecule has 2 saturated heterocycles. The molecule has 0 aliphatic carbocycles. The SMILES string of the molecule is O=C(N[C@@H]1CCS(=O)(=O)C1)N1O[C@@H](N[C@H]2CCS(=O)(=O)C2)Nc2ccccc21. The molecule has 28 heavy (non-hydrogen) atoms. The summed E-state index contributed by atoms with van der Waals surface area (Å²) in [4.78, 5) is 18.5. The number of anilines is 2. The molecule has 3 atom stereocenters. The predicted molar refractivity (Wildman–Crippen MR) is 103 cm³/mol. The van der Waals surface area contributed by atoms with Crippen molar-refractivity contribution in [1.29, 1.82) is 0 Å². The number of carbonyl (C=O) groups excluding carboxylic acids is 1. The minimum absolute atomic E-state index is 0.0162. The van der Waals surface area contributed by atoms with Crippen LogP contribution in [0.2, 0.25) is 0 Å². The van der Waals surface area contributed by atoms with Crippen LogP contribution in [0, 0.1) is 0 Å². The highest BCUT2D eigenvalue weighted by Gasteiger charge is 2.36. The van der Waals surface area contributed by atoms with Crippen molar-refractivity contribution in [2.45, 2.75) is 31.3 Å². The lowest BCUT2D eigenvalue weighted by atomic mass is 10.2. The number of sulfone groups is 2. The van der Waals surface area contributed by atoms with Gasteiger partial charge in [-0.05, 0) is 25.0 Å². The van der Waals surface area contributed by atoms with E-state index in [-0.39, 0.29) is 29.1 Å². The molecular formula is C16H22N4O6S2. The lowest BCUT2D eigenvalue weighted by Crippen LogP contribution is -2.55. The lowest BCUT2D eigenvalue weighted by Gasteiger charge is -2.36. The van der Waals surface area contributed by atoms with E-state index in [2.05, 4.69) is 16.0 Å². The quantitative estimate of drug-likeness (QED) is 0.601. The average Bonchev–Trinajstić information content (AvgIpc) is 3.14. The monoisotopic (exact) mass is 430 g/mol. The number of hydrogen-bond donors (Lipinski definition) is 3. The molecule has 0 spiro atoms. The molecule has 0 bridgehead atoms. The number of urea groups is 1. The van der Waals surface area contributed by atoms with Crippen LogP contribution in [0.15, 0.2) is 24.3 Å². The Balaban J connectivity index is 1.48. The zero-order valence-corrected chi connectivity index (χ0v) is 16.6. The largest absolute Gasteiger partial charge is 0.346 e. The van der Waals surface area contributed by atoms with Gasteiger partial charge in [0.1, 0.15) is 0 Å². The highest BCUT2D eigenvalue weighted by atomic mass is 32.2. The molecule has 154 valence electrons. The van der Waals surface area contributed by atoms with Crippen LogP contribution in [-0.4, -0.2) is 64.3 Å². The number of nitrogens with one attached hydrogen (secondary N) is 3. The third-order valence-corrected chi connectivity index (χ3v) is 8.52. The summed E-state index contributed by atoms with van der Waals surface area (Å²) in [6.45, 7) is 0. The second kappa shape index (κ2) is 7.17. The molecule has 1 aromatic rings. The maximum Gasteiger partial charge on any atom is 0.346 e. The molecule has 0 radical (unpaired) electrons. The van der Waals surface area contributed by atoms with Gasteiger partial charge in [-0.3, -0.25) is 5.32 Å². The van der Waals surface area contributed by atoms with Gasteiger partial charge in [0, 0.05) is 12.1 Å². The van der Waals surface area contributed by atoms with Gasteiger partial charge in [-0.25, -0.2) is 26.5 Å². The third kappa shape index (κ3) is 4.24. The van der Waals surface area contributed by atoms with Gasteiger partial charge < -0.3 is 10.6 Å². The maximum absolute atomic E-state index is 12.8. The van der Waals surface area contributed by atoms with E-state index in [1.54, 1.807) is 24.3 Å². The first-order valence-electron chi connectivity index (χ1n) is 9.01. The summed E-state index contributed by atoms with van der Waals surface area (Å²) in [6, 6.07) is 5.71. The Labute approximate surface area is 163 Å². The number of nitrogens with zero attached hydrogens (tertiary/aromatic N) is 1. The van der Waals surface area contributed by atoms with E-state index >= 15 is 0 Å². The molecule has 4 rings (SSSR count). The van der Waals surface area contributed by atoms with Gasteiger partial charge in [0.25, 0.3) is 0 Å². The van der Waals surface area contributed by atoms with Gasteiger partial charge in [0.05, 0.1) is 34.4 Å². The minimum atomic E-state index is -3.13. The van der Waals surface area contributed by atoms with Crippen LogP contribution < -0.4 is 21.0 Å². The molecule has 1 aromatic carbocycles. The first-order valence-corrected chi connectivity index (χ1v) is 12.6. The Morgan fingerprint density at radius 1 is 1.04 bits per heavy atom. The minimum Gasteiger partial charge on any atom is -0.344 e. The Morgan fingerprint density at radius 3 is 2.32 bits per heavy atom. The lowest BCUT2D eigenvalue weighted by molar-refractivity contribution is 0.0295. The summed E-state index contributed by atoms with van der Waals surface area (Å²) < 4.78 is 46.6. The van der Waals surface area contributed by atoms with E-state index < -0.39 is 38.1 Å². The summed E-state index contributed by atoms with van der Waals surface area (Å²) in [5.74, 6) is 0.0992. The average molecular weight is 431 g/mol. The summed E-state index contributed by atoms with van der Waals surface area (Å²) in [6.07, 6.45) is 0.0346. The molecule has 2 fully saturated rings. The first kappa shape index (κ1) is 19.4. The second-order valence-corrected chi connectivity index (χ2v) is 11.7. The summed E-state index contributed by atoms with van der Waals surface area (Å²) in [7, 11) is -6.18. The first-order chi connectivity index (χ1) is 13.2. The Bertz CT molecular complexity index is 981. The molecule has 12 heteroatoms. The number of hydroxylamine groups is 1. The van der Waals surface area contributed by atoms with Crippen LogP contribution in [-0.2, 0) is 24.5 Å². The van der Waals surface area contributed by atoms with Crippen LogP contribution in [0.5, 0.6) is 0 Å². The zero-order chi connectivity index (χ0) is 19.9. The molecule has 10 nitrogen and oxygen atoms in total. The van der Waals surface area contributed by atoms with Crippen LogP contribution in [0.3, 0.4) is 0 Å². The number of para-hydroxylation sites is 2.